The van der Waals surface area contributed by atoms with Crippen molar-refractivity contribution in [3.63, 3.8) is 0 Å². The summed E-state index contributed by atoms with van der Waals surface area (Å²) in [4.78, 5) is 12.7. The van der Waals surface area contributed by atoms with Crippen LogP contribution in [0.15, 0.2) is 35.7 Å². The lowest BCUT2D eigenvalue weighted by Crippen LogP contribution is -2.11. The largest absolute Gasteiger partial charge is 0.465 e. The van der Waals surface area contributed by atoms with Gasteiger partial charge in [0.1, 0.15) is 0 Å². The minimum absolute atomic E-state index is 0.188. The van der Waals surface area contributed by atoms with Crippen molar-refractivity contribution in [3.8, 4) is 11.5 Å². The Balaban J connectivity index is 1.47. The number of esters is 1. The van der Waals surface area contributed by atoms with Crippen LogP contribution in [-0.4, -0.2) is 18.9 Å². The molecule has 1 aliphatic heterocycles. The third-order valence-corrected chi connectivity index (χ3v) is 4.02. The average Bonchev–Trinajstić information content (AvgIpc) is 3.06. The lowest BCUT2D eigenvalue weighted by atomic mass is 10.1. The highest BCUT2D eigenvalue weighted by Crippen LogP contribution is 2.35. The normalized spacial score (nSPS) is 16.0. The number of hydrogen-bond acceptors (Lipinski definition) is 5. The zero-order valence-corrected chi connectivity index (χ0v) is 12.5. The molecule has 3 rings (SSSR count). The molecule has 2 heterocycles. The number of benzene rings is 1. The Morgan fingerprint density at radius 1 is 1.29 bits per heavy atom. The van der Waals surface area contributed by atoms with Gasteiger partial charge in [-0.15, -0.1) is 11.3 Å². The van der Waals surface area contributed by atoms with E-state index in [4.69, 9.17) is 14.2 Å². The van der Waals surface area contributed by atoms with Crippen molar-refractivity contribution in [2.75, 3.05) is 6.61 Å². The van der Waals surface area contributed by atoms with Crippen LogP contribution in [0.2, 0.25) is 0 Å². The summed E-state index contributed by atoms with van der Waals surface area (Å²) in [5.41, 5.74) is 1.07. The minimum atomic E-state index is -0.237. The predicted octanol–water partition coefficient (Wildman–Crippen LogP) is 3.19. The van der Waals surface area contributed by atoms with Gasteiger partial charge in [0.25, 0.3) is 0 Å². The molecule has 0 N–H and O–H groups in total. The maximum Gasteiger partial charge on any atom is 0.311 e. The molecule has 1 unspecified atom stereocenters. The van der Waals surface area contributed by atoms with E-state index in [-0.39, 0.29) is 12.3 Å². The van der Waals surface area contributed by atoms with Crippen molar-refractivity contribution < 1.29 is 19.0 Å². The monoisotopic (exact) mass is 304 g/mol. The molecule has 21 heavy (non-hydrogen) atoms. The number of carbonyl (C=O) groups is 1. The molecule has 0 fully saturated rings. The van der Waals surface area contributed by atoms with E-state index < -0.39 is 0 Å². The SMILES string of the molecule is CC1Oc2ccc(CCOC(=O)Cc3cccs3)cc2O1. The summed E-state index contributed by atoms with van der Waals surface area (Å²) in [6, 6.07) is 9.66. The molecular weight excluding hydrogens is 288 g/mol. The molecule has 0 aliphatic carbocycles. The predicted molar refractivity (Wildman–Crippen MR) is 79.8 cm³/mol. The Bertz CT molecular complexity index is 621. The third kappa shape index (κ3) is 3.55. The molecule has 110 valence electrons. The molecule has 1 aromatic carbocycles. The molecule has 5 heteroatoms. The van der Waals surface area contributed by atoms with E-state index in [0.717, 1.165) is 21.9 Å². The van der Waals surface area contributed by atoms with Crippen molar-refractivity contribution in [3.05, 3.63) is 46.2 Å². The second kappa shape index (κ2) is 6.18. The van der Waals surface area contributed by atoms with Gasteiger partial charge < -0.3 is 14.2 Å². The molecule has 1 atom stereocenters. The van der Waals surface area contributed by atoms with Crippen molar-refractivity contribution in [1.29, 1.82) is 0 Å². The smallest absolute Gasteiger partial charge is 0.311 e. The Hall–Kier alpha value is -2.01. The maximum atomic E-state index is 11.7. The fourth-order valence-electron chi connectivity index (χ4n) is 2.17. The Morgan fingerprint density at radius 2 is 2.14 bits per heavy atom. The standard InChI is InChI=1S/C16H16O4S/c1-11-19-14-5-4-12(9-15(14)20-11)6-7-18-16(17)10-13-3-2-8-21-13/h2-5,8-9,11H,6-7,10H2,1H3. The van der Waals surface area contributed by atoms with E-state index in [0.29, 0.717) is 19.4 Å². The summed E-state index contributed by atoms with van der Waals surface area (Å²) in [6.07, 6.45) is 0.774. The molecule has 2 aromatic rings. The lowest BCUT2D eigenvalue weighted by molar-refractivity contribution is -0.142. The molecular formula is C16H16O4S. The molecule has 0 amide bonds. The van der Waals surface area contributed by atoms with Crippen LogP contribution in [-0.2, 0) is 22.4 Å². The van der Waals surface area contributed by atoms with Crippen LogP contribution in [0.4, 0.5) is 0 Å². The number of thiophene rings is 1. The molecule has 0 bridgehead atoms. The first-order valence-corrected chi connectivity index (χ1v) is 7.73. The summed E-state index contributed by atoms with van der Waals surface area (Å²) in [5.74, 6) is 1.33. The molecule has 4 nitrogen and oxygen atoms in total. The van der Waals surface area contributed by atoms with Crippen LogP contribution in [0.3, 0.4) is 0 Å². The van der Waals surface area contributed by atoms with E-state index in [9.17, 15) is 4.79 Å². The summed E-state index contributed by atoms with van der Waals surface area (Å²) in [6.45, 7) is 2.23. The molecule has 1 aliphatic rings. The molecule has 0 saturated carbocycles. The highest BCUT2D eigenvalue weighted by Gasteiger charge is 2.19. The molecule has 0 saturated heterocycles. The van der Waals surface area contributed by atoms with Crippen LogP contribution in [0.1, 0.15) is 17.4 Å². The van der Waals surface area contributed by atoms with Gasteiger partial charge in [0.05, 0.1) is 13.0 Å². The van der Waals surface area contributed by atoms with Gasteiger partial charge in [0.2, 0.25) is 6.29 Å². The van der Waals surface area contributed by atoms with Crippen molar-refractivity contribution in [2.24, 2.45) is 0 Å². The summed E-state index contributed by atoms with van der Waals surface area (Å²) >= 11 is 1.56. The maximum absolute atomic E-state index is 11.7. The van der Waals surface area contributed by atoms with Gasteiger partial charge >= 0.3 is 5.97 Å². The van der Waals surface area contributed by atoms with E-state index in [2.05, 4.69) is 0 Å². The molecule has 1 aromatic heterocycles. The number of rotatable bonds is 5. The van der Waals surface area contributed by atoms with E-state index in [1.54, 1.807) is 11.3 Å². The highest BCUT2D eigenvalue weighted by atomic mass is 32.1. The minimum Gasteiger partial charge on any atom is -0.465 e. The molecule has 0 spiro atoms. The van der Waals surface area contributed by atoms with Crippen LogP contribution in [0.5, 0.6) is 11.5 Å². The first-order chi connectivity index (χ1) is 10.2. The topological polar surface area (TPSA) is 44.8 Å². The quantitative estimate of drug-likeness (QED) is 0.796. The van der Waals surface area contributed by atoms with Gasteiger partial charge in [-0.1, -0.05) is 12.1 Å². The highest BCUT2D eigenvalue weighted by molar-refractivity contribution is 7.10. The second-order valence-electron chi connectivity index (χ2n) is 4.81. The van der Waals surface area contributed by atoms with Crippen LogP contribution < -0.4 is 9.47 Å². The zero-order chi connectivity index (χ0) is 14.7. The first kappa shape index (κ1) is 13.9. The van der Waals surface area contributed by atoms with E-state index in [1.165, 1.54) is 0 Å². The summed E-state index contributed by atoms with van der Waals surface area (Å²) in [7, 11) is 0. The Morgan fingerprint density at radius 3 is 2.95 bits per heavy atom. The zero-order valence-electron chi connectivity index (χ0n) is 11.7. The van der Waals surface area contributed by atoms with Crippen LogP contribution in [0.25, 0.3) is 0 Å². The van der Waals surface area contributed by atoms with Gasteiger partial charge in [0, 0.05) is 18.2 Å². The van der Waals surface area contributed by atoms with Crippen LogP contribution >= 0.6 is 11.3 Å². The van der Waals surface area contributed by atoms with Gasteiger partial charge in [-0.2, -0.15) is 0 Å². The number of hydrogen-bond donors (Lipinski definition) is 0. The number of ether oxygens (including phenoxy) is 3. The first-order valence-electron chi connectivity index (χ1n) is 6.85. The summed E-state index contributed by atoms with van der Waals surface area (Å²) in [5, 5.41) is 1.95. The number of fused-ring (bicyclic) bond motifs is 1. The van der Waals surface area contributed by atoms with Gasteiger partial charge in [-0.05, 0) is 29.1 Å². The number of carbonyl (C=O) groups excluding carboxylic acids is 1. The Labute approximate surface area is 127 Å². The fourth-order valence-corrected chi connectivity index (χ4v) is 2.86. The van der Waals surface area contributed by atoms with Crippen molar-refractivity contribution >= 4 is 17.3 Å². The Kier molecular flexibility index (Phi) is 4.10. The average molecular weight is 304 g/mol. The lowest BCUT2D eigenvalue weighted by Gasteiger charge is -2.05. The third-order valence-electron chi connectivity index (χ3n) is 3.15. The van der Waals surface area contributed by atoms with Crippen LogP contribution in [0, 0.1) is 0 Å². The van der Waals surface area contributed by atoms with E-state index >= 15 is 0 Å². The van der Waals surface area contributed by atoms with Gasteiger partial charge in [-0.3, -0.25) is 4.79 Å². The molecule has 0 radical (unpaired) electrons. The summed E-state index contributed by atoms with van der Waals surface area (Å²) < 4.78 is 16.2. The van der Waals surface area contributed by atoms with E-state index in [1.807, 2.05) is 42.6 Å². The van der Waals surface area contributed by atoms with Crippen molar-refractivity contribution in [2.45, 2.75) is 26.1 Å². The van der Waals surface area contributed by atoms with Crippen molar-refractivity contribution in [1.82, 2.24) is 0 Å². The second-order valence-corrected chi connectivity index (χ2v) is 5.84. The van der Waals surface area contributed by atoms with Gasteiger partial charge in [-0.25, -0.2) is 0 Å². The van der Waals surface area contributed by atoms with Gasteiger partial charge in [0.15, 0.2) is 11.5 Å². The fraction of sp³-hybridized carbons (Fsp3) is 0.312.